The predicted molar refractivity (Wildman–Crippen MR) is 102 cm³/mol. The lowest BCUT2D eigenvalue weighted by Crippen LogP contribution is -2.15. The fourth-order valence-corrected chi connectivity index (χ4v) is 3.01. The molecule has 0 radical (unpaired) electrons. The highest BCUT2D eigenvalue weighted by atomic mass is 32.2. The van der Waals surface area contributed by atoms with E-state index in [2.05, 4.69) is 40.4 Å². The second-order valence-corrected chi connectivity index (χ2v) is 6.77. The van der Waals surface area contributed by atoms with Gasteiger partial charge in [-0.1, -0.05) is 43.8 Å². The number of amides is 1. The van der Waals surface area contributed by atoms with Crippen molar-refractivity contribution < 1.29 is 9.21 Å². The molecule has 2 heterocycles. The van der Waals surface area contributed by atoms with Gasteiger partial charge in [-0.15, -0.1) is 10.2 Å². The Labute approximate surface area is 156 Å². The molecule has 0 fully saturated rings. The average Bonchev–Trinajstić information content (AvgIpc) is 3.16. The molecule has 134 valence electrons. The molecule has 26 heavy (non-hydrogen) atoms. The number of pyridine rings is 1. The Hall–Kier alpha value is -2.67. The highest BCUT2D eigenvalue weighted by Crippen LogP contribution is 2.27. The van der Waals surface area contributed by atoms with E-state index in [4.69, 9.17) is 4.42 Å². The van der Waals surface area contributed by atoms with E-state index in [0.717, 1.165) is 23.2 Å². The standard InChI is InChI=1S/C19H20N4O2S/c1-3-13(2)15-8-4-5-9-16(15)21-17(24)12-26-19-23-22-18(25-19)14-7-6-10-20-11-14/h4-11,13H,3,12H2,1-2H3,(H,21,24)/t13-/m0/s1. The van der Waals surface area contributed by atoms with Crippen LogP contribution in [0.1, 0.15) is 31.7 Å². The molecule has 1 atom stereocenters. The van der Waals surface area contributed by atoms with Crippen LogP contribution >= 0.6 is 11.8 Å². The summed E-state index contributed by atoms with van der Waals surface area (Å²) < 4.78 is 5.57. The van der Waals surface area contributed by atoms with E-state index in [9.17, 15) is 4.79 Å². The van der Waals surface area contributed by atoms with Gasteiger partial charge in [-0.2, -0.15) is 0 Å². The highest BCUT2D eigenvalue weighted by Gasteiger charge is 2.14. The van der Waals surface area contributed by atoms with Gasteiger partial charge >= 0.3 is 0 Å². The molecule has 0 bridgehead atoms. The predicted octanol–water partition coefficient (Wildman–Crippen LogP) is 4.38. The third kappa shape index (κ3) is 4.49. The van der Waals surface area contributed by atoms with Crippen molar-refractivity contribution in [2.45, 2.75) is 31.4 Å². The van der Waals surface area contributed by atoms with Crippen molar-refractivity contribution in [2.75, 3.05) is 11.1 Å². The third-order valence-electron chi connectivity index (χ3n) is 4.02. The van der Waals surface area contributed by atoms with Gasteiger partial charge in [0.1, 0.15) is 0 Å². The Morgan fingerprint density at radius 3 is 2.85 bits per heavy atom. The van der Waals surface area contributed by atoms with Crippen LogP contribution in [-0.4, -0.2) is 26.8 Å². The monoisotopic (exact) mass is 368 g/mol. The molecule has 3 aromatic rings. The van der Waals surface area contributed by atoms with E-state index >= 15 is 0 Å². The quantitative estimate of drug-likeness (QED) is 0.624. The van der Waals surface area contributed by atoms with Crippen LogP contribution in [0.3, 0.4) is 0 Å². The zero-order valence-electron chi connectivity index (χ0n) is 14.7. The number of hydrogen-bond donors (Lipinski definition) is 1. The van der Waals surface area contributed by atoms with Crippen LogP contribution < -0.4 is 5.32 Å². The maximum Gasteiger partial charge on any atom is 0.277 e. The topological polar surface area (TPSA) is 80.9 Å². The molecule has 0 unspecified atom stereocenters. The maximum absolute atomic E-state index is 12.3. The van der Waals surface area contributed by atoms with E-state index in [1.807, 2.05) is 24.3 Å². The van der Waals surface area contributed by atoms with E-state index < -0.39 is 0 Å². The zero-order valence-corrected chi connectivity index (χ0v) is 15.5. The van der Waals surface area contributed by atoms with Crippen molar-refractivity contribution in [3.05, 3.63) is 54.4 Å². The van der Waals surface area contributed by atoms with Crippen LogP contribution in [0.2, 0.25) is 0 Å². The molecule has 2 aromatic heterocycles. The molecule has 0 aliphatic rings. The molecular formula is C19H20N4O2S. The second-order valence-electron chi connectivity index (χ2n) is 5.85. The molecule has 7 heteroatoms. The van der Waals surface area contributed by atoms with Gasteiger partial charge in [-0.25, -0.2) is 0 Å². The van der Waals surface area contributed by atoms with Gasteiger partial charge in [0.15, 0.2) is 0 Å². The van der Waals surface area contributed by atoms with Crippen molar-refractivity contribution in [3.8, 4) is 11.5 Å². The molecule has 0 aliphatic heterocycles. The summed E-state index contributed by atoms with van der Waals surface area (Å²) in [6.07, 6.45) is 4.35. The summed E-state index contributed by atoms with van der Waals surface area (Å²) in [4.78, 5) is 16.3. The van der Waals surface area contributed by atoms with E-state index in [1.54, 1.807) is 18.5 Å². The Kier molecular flexibility index (Phi) is 6.01. The van der Waals surface area contributed by atoms with Crippen LogP contribution in [0.25, 0.3) is 11.5 Å². The average molecular weight is 368 g/mol. The largest absolute Gasteiger partial charge is 0.411 e. The van der Waals surface area contributed by atoms with Crippen LogP contribution in [-0.2, 0) is 4.79 Å². The van der Waals surface area contributed by atoms with Gasteiger partial charge in [0.2, 0.25) is 11.8 Å². The highest BCUT2D eigenvalue weighted by molar-refractivity contribution is 7.99. The zero-order chi connectivity index (χ0) is 18.4. The lowest BCUT2D eigenvalue weighted by atomic mass is 9.97. The van der Waals surface area contributed by atoms with E-state index in [-0.39, 0.29) is 11.7 Å². The summed E-state index contributed by atoms with van der Waals surface area (Å²) in [6.45, 7) is 4.28. The summed E-state index contributed by atoms with van der Waals surface area (Å²) in [7, 11) is 0. The molecule has 1 amide bonds. The number of carbonyl (C=O) groups excluding carboxylic acids is 1. The number of nitrogens with zero attached hydrogens (tertiary/aromatic N) is 3. The van der Waals surface area contributed by atoms with Crippen molar-refractivity contribution >= 4 is 23.4 Å². The number of benzene rings is 1. The number of aromatic nitrogens is 3. The molecule has 0 aliphatic carbocycles. The first-order valence-corrected chi connectivity index (χ1v) is 9.41. The Morgan fingerprint density at radius 2 is 2.08 bits per heavy atom. The molecular weight excluding hydrogens is 348 g/mol. The van der Waals surface area contributed by atoms with Crippen LogP contribution in [0, 0.1) is 0 Å². The van der Waals surface area contributed by atoms with Crippen molar-refractivity contribution in [1.29, 1.82) is 0 Å². The van der Waals surface area contributed by atoms with Gasteiger partial charge in [-0.05, 0) is 36.1 Å². The van der Waals surface area contributed by atoms with Gasteiger partial charge in [0.25, 0.3) is 5.22 Å². The van der Waals surface area contributed by atoms with Gasteiger partial charge in [0.05, 0.1) is 11.3 Å². The van der Waals surface area contributed by atoms with Crippen molar-refractivity contribution in [1.82, 2.24) is 15.2 Å². The van der Waals surface area contributed by atoms with E-state index in [0.29, 0.717) is 17.0 Å². The van der Waals surface area contributed by atoms with Crippen LogP contribution in [0.4, 0.5) is 5.69 Å². The van der Waals surface area contributed by atoms with Crippen LogP contribution in [0.15, 0.2) is 58.4 Å². The first-order chi connectivity index (χ1) is 12.7. The SMILES string of the molecule is CC[C@H](C)c1ccccc1NC(=O)CSc1nnc(-c2cccnc2)o1. The lowest BCUT2D eigenvalue weighted by molar-refractivity contribution is -0.113. The van der Waals surface area contributed by atoms with Crippen LogP contribution in [0.5, 0.6) is 0 Å². The third-order valence-corrected chi connectivity index (χ3v) is 4.84. The molecule has 3 rings (SSSR count). The first-order valence-electron chi connectivity index (χ1n) is 8.43. The van der Waals surface area contributed by atoms with Gasteiger partial charge in [-0.3, -0.25) is 9.78 Å². The summed E-state index contributed by atoms with van der Waals surface area (Å²) >= 11 is 1.21. The second kappa shape index (κ2) is 8.62. The lowest BCUT2D eigenvalue weighted by Gasteiger charge is -2.15. The summed E-state index contributed by atoms with van der Waals surface area (Å²) in [6, 6.07) is 11.5. The number of rotatable bonds is 7. The summed E-state index contributed by atoms with van der Waals surface area (Å²) in [5.74, 6) is 0.871. The number of thioether (sulfide) groups is 1. The number of carbonyl (C=O) groups is 1. The smallest absolute Gasteiger partial charge is 0.277 e. The van der Waals surface area contributed by atoms with Gasteiger partial charge < -0.3 is 9.73 Å². The molecule has 1 N–H and O–H groups in total. The minimum Gasteiger partial charge on any atom is -0.411 e. The molecule has 0 saturated carbocycles. The van der Waals surface area contributed by atoms with E-state index in [1.165, 1.54) is 11.8 Å². The minimum atomic E-state index is -0.105. The fraction of sp³-hybridized carbons (Fsp3) is 0.263. The molecule has 0 saturated heterocycles. The van der Waals surface area contributed by atoms with Crippen molar-refractivity contribution in [3.63, 3.8) is 0 Å². The number of nitrogens with one attached hydrogen (secondary N) is 1. The fourth-order valence-electron chi connectivity index (χ4n) is 2.45. The number of hydrogen-bond acceptors (Lipinski definition) is 6. The molecule has 6 nitrogen and oxygen atoms in total. The minimum absolute atomic E-state index is 0.105. The first kappa shape index (κ1) is 18.1. The maximum atomic E-state index is 12.3. The summed E-state index contributed by atoms with van der Waals surface area (Å²) in [5, 5.41) is 11.3. The van der Waals surface area contributed by atoms with Crippen molar-refractivity contribution in [2.24, 2.45) is 0 Å². The number of para-hydroxylation sites is 1. The normalized spacial score (nSPS) is 11.9. The van der Waals surface area contributed by atoms with Gasteiger partial charge in [0, 0.05) is 18.1 Å². The molecule has 0 spiro atoms. The Morgan fingerprint density at radius 1 is 1.23 bits per heavy atom. The molecule has 1 aromatic carbocycles. The summed E-state index contributed by atoms with van der Waals surface area (Å²) in [5.41, 5.74) is 2.75. The number of anilines is 1. The Balaban J connectivity index is 1.59. The Bertz CT molecular complexity index is 867.